The van der Waals surface area contributed by atoms with Gasteiger partial charge in [-0.3, -0.25) is 0 Å². The Bertz CT molecular complexity index is 671. The van der Waals surface area contributed by atoms with Crippen LogP contribution in [-0.2, 0) is 12.8 Å². The molecule has 0 unspecified atom stereocenters. The van der Waals surface area contributed by atoms with Gasteiger partial charge in [-0.1, -0.05) is 23.7 Å². The topological polar surface area (TPSA) is 46.5 Å². The lowest BCUT2D eigenvalue weighted by atomic mass is 9.91. The largest absolute Gasteiger partial charge is 0.496 e. The Morgan fingerprint density at radius 2 is 2.05 bits per heavy atom. The molecule has 0 aromatic heterocycles. The molecule has 0 bridgehead atoms. The van der Waals surface area contributed by atoms with Gasteiger partial charge in [0.2, 0.25) is 0 Å². The highest BCUT2D eigenvalue weighted by Crippen LogP contribution is 2.21. The van der Waals surface area contributed by atoms with Crippen molar-refractivity contribution in [1.29, 1.82) is 0 Å². The number of carboxylic acid groups (broad SMARTS) is 1. The van der Waals surface area contributed by atoms with Crippen LogP contribution in [0, 0.1) is 5.82 Å². The summed E-state index contributed by atoms with van der Waals surface area (Å²) in [6.07, 6.45) is 0.698. The van der Waals surface area contributed by atoms with Crippen LogP contribution in [0.15, 0.2) is 36.4 Å². The van der Waals surface area contributed by atoms with Crippen molar-refractivity contribution in [2.24, 2.45) is 0 Å². The molecule has 0 aliphatic rings. The van der Waals surface area contributed by atoms with Crippen molar-refractivity contribution in [1.82, 2.24) is 0 Å². The third-order valence-electron chi connectivity index (χ3n) is 3.30. The highest BCUT2D eigenvalue weighted by Gasteiger charge is 2.14. The number of aromatic carboxylic acids is 1. The van der Waals surface area contributed by atoms with E-state index < -0.39 is 11.8 Å². The van der Waals surface area contributed by atoms with Crippen LogP contribution in [0.3, 0.4) is 0 Å². The van der Waals surface area contributed by atoms with E-state index in [0.29, 0.717) is 17.6 Å². The highest BCUT2D eigenvalue weighted by atomic mass is 19.1. The highest BCUT2D eigenvalue weighted by molar-refractivity contribution is 6.32. The van der Waals surface area contributed by atoms with Gasteiger partial charge in [-0.05, 0) is 36.6 Å². The SMILES string of the molecule is [B]c1ccc(OC)c(CCc2c(F)cccc2C(=O)O)c1. The Kier molecular flexibility index (Phi) is 4.63. The van der Waals surface area contributed by atoms with Gasteiger partial charge < -0.3 is 9.84 Å². The number of carboxylic acids is 1. The van der Waals surface area contributed by atoms with Gasteiger partial charge in [-0.2, -0.15) is 0 Å². The van der Waals surface area contributed by atoms with Crippen LogP contribution < -0.4 is 10.2 Å². The van der Waals surface area contributed by atoms with Gasteiger partial charge in [0, 0.05) is 5.56 Å². The number of rotatable bonds is 5. The average molecular weight is 284 g/mol. The number of carbonyl (C=O) groups is 1. The lowest BCUT2D eigenvalue weighted by Gasteiger charge is -2.11. The summed E-state index contributed by atoms with van der Waals surface area (Å²) in [6.45, 7) is 0. The van der Waals surface area contributed by atoms with Crippen molar-refractivity contribution < 1.29 is 19.0 Å². The summed E-state index contributed by atoms with van der Waals surface area (Å²) in [5.74, 6) is -1.00. The van der Waals surface area contributed by atoms with E-state index in [1.54, 1.807) is 25.3 Å². The molecule has 0 aliphatic carbocycles. The summed E-state index contributed by atoms with van der Waals surface area (Å²) in [5, 5.41) is 9.12. The minimum Gasteiger partial charge on any atom is -0.496 e. The third kappa shape index (κ3) is 3.43. The molecule has 2 rings (SSSR count). The molecule has 1 N–H and O–H groups in total. The molecule has 21 heavy (non-hydrogen) atoms. The first-order valence-corrected chi connectivity index (χ1v) is 6.46. The van der Waals surface area contributed by atoms with Gasteiger partial charge in [0.25, 0.3) is 0 Å². The molecular weight excluding hydrogens is 270 g/mol. The molecular formula is C16H14BFO3. The number of methoxy groups -OCH3 is 1. The molecule has 0 spiro atoms. The van der Waals surface area contributed by atoms with Gasteiger partial charge in [-0.15, -0.1) is 0 Å². The van der Waals surface area contributed by atoms with Crippen molar-refractivity contribution >= 4 is 19.3 Å². The second-order valence-corrected chi connectivity index (χ2v) is 4.64. The molecule has 5 heteroatoms. The zero-order chi connectivity index (χ0) is 15.4. The van der Waals surface area contributed by atoms with Gasteiger partial charge in [-0.25, -0.2) is 9.18 Å². The Balaban J connectivity index is 2.28. The van der Waals surface area contributed by atoms with Crippen LogP contribution in [0.1, 0.15) is 21.5 Å². The van der Waals surface area contributed by atoms with Crippen LogP contribution in [0.2, 0.25) is 0 Å². The zero-order valence-electron chi connectivity index (χ0n) is 11.6. The fourth-order valence-corrected chi connectivity index (χ4v) is 2.27. The maximum atomic E-state index is 13.9. The standard InChI is InChI=1S/C16H14BFO3/c1-21-15-8-6-11(17)9-10(15)5-7-12-13(16(19)20)3-2-4-14(12)18/h2-4,6,8-9H,5,7H2,1H3,(H,19,20). The predicted molar refractivity (Wildman–Crippen MR) is 79.1 cm³/mol. The number of benzene rings is 2. The minimum atomic E-state index is -1.14. The summed E-state index contributed by atoms with van der Waals surface area (Å²) in [6, 6.07) is 9.26. The van der Waals surface area contributed by atoms with Crippen molar-refractivity contribution in [2.45, 2.75) is 12.8 Å². The van der Waals surface area contributed by atoms with Gasteiger partial charge in [0.05, 0.1) is 12.7 Å². The van der Waals surface area contributed by atoms with Crippen molar-refractivity contribution in [3.8, 4) is 5.75 Å². The predicted octanol–water partition coefficient (Wildman–Crippen LogP) is 2.11. The van der Waals surface area contributed by atoms with Crippen molar-refractivity contribution in [3.63, 3.8) is 0 Å². The van der Waals surface area contributed by atoms with E-state index in [4.69, 9.17) is 17.7 Å². The molecule has 2 radical (unpaired) electrons. The maximum absolute atomic E-state index is 13.9. The van der Waals surface area contributed by atoms with Gasteiger partial charge in [0.15, 0.2) is 0 Å². The molecule has 0 atom stereocenters. The van der Waals surface area contributed by atoms with Crippen LogP contribution >= 0.6 is 0 Å². The number of hydrogen-bond donors (Lipinski definition) is 1. The van der Waals surface area contributed by atoms with Gasteiger partial charge in [0.1, 0.15) is 19.4 Å². The molecule has 0 saturated heterocycles. The summed E-state index contributed by atoms with van der Waals surface area (Å²) in [4.78, 5) is 11.2. The van der Waals surface area contributed by atoms with E-state index in [2.05, 4.69) is 0 Å². The quantitative estimate of drug-likeness (QED) is 0.855. The van der Waals surface area contributed by atoms with E-state index in [0.717, 1.165) is 5.56 Å². The first kappa shape index (κ1) is 15.1. The summed E-state index contributed by atoms with van der Waals surface area (Å²) in [7, 11) is 7.28. The normalized spacial score (nSPS) is 10.4. The fraction of sp³-hybridized carbons (Fsp3) is 0.188. The number of halogens is 1. The lowest BCUT2D eigenvalue weighted by molar-refractivity contribution is 0.0695. The number of hydrogen-bond acceptors (Lipinski definition) is 2. The second-order valence-electron chi connectivity index (χ2n) is 4.64. The smallest absolute Gasteiger partial charge is 0.336 e. The van der Waals surface area contributed by atoms with E-state index in [1.165, 1.54) is 18.2 Å². The maximum Gasteiger partial charge on any atom is 0.336 e. The Morgan fingerprint density at radius 3 is 2.71 bits per heavy atom. The third-order valence-corrected chi connectivity index (χ3v) is 3.30. The summed E-state index contributed by atoms with van der Waals surface area (Å²) in [5.41, 5.74) is 1.57. The molecule has 2 aromatic carbocycles. The van der Waals surface area contributed by atoms with Crippen LogP contribution in [-0.4, -0.2) is 26.0 Å². The monoisotopic (exact) mass is 284 g/mol. The van der Waals surface area contributed by atoms with Crippen molar-refractivity contribution in [2.75, 3.05) is 7.11 Å². The van der Waals surface area contributed by atoms with Crippen LogP contribution in [0.4, 0.5) is 4.39 Å². The molecule has 0 heterocycles. The molecule has 0 amide bonds. The first-order valence-electron chi connectivity index (χ1n) is 6.46. The molecule has 0 aliphatic heterocycles. The number of ether oxygens (including phenoxy) is 1. The average Bonchev–Trinajstić information content (AvgIpc) is 2.45. The molecule has 0 fully saturated rings. The van der Waals surface area contributed by atoms with E-state index >= 15 is 0 Å². The molecule has 3 nitrogen and oxygen atoms in total. The van der Waals surface area contributed by atoms with E-state index in [1.807, 2.05) is 0 Å². The Labute approximate surface area is 123 Å². The van der Waals surface area contributed by atoms with Crippen LogP contribution in [0.25, 0.3) is 0 Å². The number of aryl methyl sites for hydroxylation is 1. The summed E-state index contributed by atoms with van der Waals surface area (Å²) >= 11 is 0. The molecule has 106 valence electrons. The summed E-state index contributed by atoms with van der Waals surface area (Å²) < 4.78 is 19.1. The molecule has 2 aromatic rings. The van der Waals surface area contributed by atoms with E-state index in [-0.39, 0.29) is 17.5 Å². The molecule has 0 saturated carbocycles. The second kappa shape index (κ2) is 6.44. The Hall–Kier alpha value is -2.30. The fourth-order valence-electron chi connectivity index (χ4n) is 2.27. The first-order chi connectivity index (χ1) is 10.0. The zero-order valence-corrected chi connectivity index (χ0v) is 11.6. The van der Waals surface area contributed by atoms with Crippen LogP contribution in [0.5, 0.6) is 5.75 Å². The van der Waals surface area contributed by atoms with Crippen molar-refractivity contribution in [3.05, 3.63) is 58.9 Å². The van der Waals surface area contributed by atoms with Gasteiger partial charge >= 0.3 is 5.97 Å². The Morgan fingerprint density at radius 1 is 1.29 bits per heavy atom. The lowest BCUT2D eigenvalue weighted by Crippen LogP contribution is -2.09. The minimum absolute atomic E-state index is 0.0159. The van der Waals surface area contributed by atoms with E-state index in [9.17, 15) is 9.18 Å².